The molecule has 10 heteroatoms. The first-order valence-corrected chi connectivity index (χ1v) is 12.2. The van der Waals surface area contributed by atoms with E-state index in [1.54, 1.807) is 11.3 Å². The Morgan fingerprint density at radius 3 is 2.94 bits per heavy atom. The first-order chi connectivity index (χ1) is 15.7. The van der Waals surface area contributed by atoms with Gasteiger partial charge in [-0.05, 0) is 44.3 Å². The molecule has 5 rings (SSSR count). The average molecular weight is 458 g/mol. The number of fused-ring (bicyclic) bond motifs is 1. The highest BCUT2D eigenvalue weighted by Gasteiger charge is 2.43. The summed E-state index contributed by atoms with van der Waals surface area (Å²) in [4.78, 5) is 15.4. The fourth-order valence-corrected chi connectivity index (χ4v) is 5.94. The lowest BCUT2D eigenvalue weighted by atomic mass is 9.98. The molecule has 1 aliphatic heterocycles. The number of thiazole rings is 1. The number of aliphatic hydroxyl groups is 2. The second kappa shape index (κ2) is 9.30. The average Bonchev–Trinajstić information content (AvgIpc) is 3.56. The third-order valence-corrected chi connectivity index (χ3v) is 7.77. The van der Waals surface area contributed by atoms with Gasteiger partial charge in [-0.2, -0.15) is 0 Å². The summed E-state index contributed by atoms with van der Waals surface area (Å²) in [6, 6.07) is 1.74. The molecule has 9 nitrogen and oxygen atoms in total. The molecule has 1 saturated carbocycles. The second-order valence-corrected chi connectivity index (χ2v) is 9.80. The molecular formula is C22H31N7O2S. The van der Waals surface area contributed by atoms with Crippen LogP contribution in [0.2, 0.25) is 0 Å². The first kappa shape index (κ1) is 21.6. The summed E-state index contributed by atoms with van der Waals surface area (Å²) in [5.41, 5.74) is 2.63. The highest BCUT2D eigenvalue weighted by Crippen LogP contribution is 2.39. The summed E-state index contributed by atoms with van der Waals surface area (Å²) in [5, 5.41) is 30.6. The standard InChI is InChI=1S/C22H31N7O2S/c1-23-21-16-4-6-29(22(16)27-12-26-21)17-7-15(19(30)20(17)31)11-28(18-9-25-13-32-18)10-14-3-2-5-24-8-14/h4,6,9,12-15,17,19-20,24,30-31H,2-3,5,7-8,10-11H2,1H3,(H,23,26,27)/t14?,15-,17-,19-,20+/m1/s1. The van der Waals surface area contributed by atoms with Crippen molar-refractivity contribution in [1.29, 1.82) is 0 Å². The van der Waals surface area contributed by atoms with Crippen LogP contribution in [0.1, 0.15) is 25.3 Å². The zero-order chi connectivity index (χ0) is 22.1. The van der Waals surface area contributed by atoms with E-state index in [0.717, 1.165) is 41.5 Å². The molecule has 0 aromatic carbocycles. The van der Waals surface area contributed by atoms with Crippen LogP contribution < -0.4 is 15.5 Å². The number of nitrogens with zero attached hydrogens (tertiary/aromatic N) is 5. The lowest BCUT2D eigenvalue weighted by Crippen LogP contribution is -2.41. The summed E-state index contributed by atoms with van der Waals surface area (Å²) in [5.74, 6) is 1.29. The van der Waals surface area contributed by atoms with Crippen molar-refractivity contribution in [2.45, 2.75) is 37.5 Å². The lowest BCUT2D eigenvalue weighted by molar-refractivity contribution is 0.00784. The van der Waals surface area contributed by atoms with Crippen molar-refractivity contribution in [2.24, 2.45) is 11.8 Å². The van der Waals surface area contributed by atoms with Crippen molar-refractivity contribution in [2.75, 3.05) is 43.4 Å². The Morgan fingerprint density at radius 2 is 2.19 bits per heavy atom. The molecule has 0 amide bonds. The molecule has 4 heterocycles. The van der Waals surface area contributed by atoms with Crippen LogP contribution in [0.25, 0.3) is 11.0 Å². The van der Waals surface area contributed by atoms with E-state index in [9.17, 15) is 10.2 Å². The normalized spacial score (nSPS) is 28.3. The van der Waals surface area contributed by atoms with Crippen LogP contribution in [-0.2, 0) is 0 Å². The number of hydrogen-bond donors (Lipinski definition) is 4. The lowest BCUT2D eigenvalue weighted by Gasteiger charge is -2.33. The molecule has 1 saturated heterocycles. The van der Waals surface area contributed by atoms with E-state index in [2.05, 4.69) is 30.5 Å². The van der Waals surface area contributed by atoms with Gasteiger partial charge in [0.05, 0.1) is 29.2 Å². The minimum Gasteiger partial charge on any atom is -0.390 e. The van der Waals surface area contributed by atoms with Crippen LogP contribution in [-0.4, -0.2) is 75.2 Å². The monoisotopic (exact) mass is 457 g/mol. The van der Waals surface area contributed by atoms with Crippen molar-refractivity contribution in [3.8, 4) is 0 Å². The zero-order valence-corrected chi connectivity index (χ0v) is 19.1. The Kier molecular flexibility index (Phi) is 6.27. The third kappa shape index (κ3) is 4.07. The van der Waals surface area contributed by atoms with Gasteiger partial charge in [0, 0.05) is 32.3 Å². The minimum atomic E-state index is -0.844. The Hall–Kier alpha value is -2.27. The predicted molar refractivity (Wildman–Crippen MR) is 126 cm³/mol. The molecule has 3 aromatic heterocycles. The molecule has 5 atom stereocenters. The maximum Gasteiger partial charge on any atom is 0.145 e. The Labute approximate surface area is 191 Å². The van der Waals surface area contributed by atoms with Crippen molar-refractivity contribution in [3.63, 3.8) is 0 Å². The SMILES string of the molecule is CNc1ncnc2c1ccn2[C@@H]1C[C@H](CN(CC2CCCNC2)c2cncs2)[C@@H](O)[C@H]1O. The van der Waals surface area contributed by atoms with E-state index in [4.69, 9.17) is 0 Å². The molecule has 2 aliphatic rings. The van der Waals surface area contributed by atoms with Gasteiger partial charge < -0.3 is 30.3 Å². The molecule has 2 fully saturated rings. The number of anilines is 2. The van der Waals surface area contributed by atoms with Crippen LogP contribution >= 0.6 is 11.3 Å². The molecule has 32 heavy (non-hydrogen) atoms. The Bertz CT molecular complexity index is 1020. The van der Waals surface area contributed by atoms with Gasteiger partial charge in [-0.3, -0.25) is 4.98 Å². The number of aromatic nitrogens is 4. The summed E-state index contributed by atoms with van der Waals surface area (Å²) in [6.45, 7) is 3.75. The maximum absolute atomic E-state index is 11.0. The van der Waals surface area contributed by atoms with Gasteiger partial charge in [-0.1, -0.05) is 0 Å². The van der Waals surface area contributed by atoms with Gasteiger partial charge in [0.2, 0.25) is 0 Å². The number of aliphatic hydroxyl groups excluding tert-OH is 2. The molecule has 0 spiro atoms. The highest BCUT2D eigenvalue weighted by molar-refractivity contribution is 7.13. The van der Waals surface area contributed by atoms with Crippen molar-refractivity contribution in [3.05, 3.63) is 30.3 Å². The van der Waals surface area contributed by atoms with Crippen LogP contribution in [0.3, 0.4) is 0 Å². The summed E-state index contributed by atoms with van der Waals surface area (Å²) in [7, 11) is 1.83. The Morgan fingerprint density at radius 1 is 1.28 bits per heavy atom. The Balaban J connectivity index is 1.36. The molecule has 4 N–H and O–H groups in total. The van der Waals surface area contributed by atoms with Crippen LogP contribution in [0.5, 0.6) is 0 Å². The number of rotatable bonds is 7. The van der Waals surface area contributed by atoms with E-state index >= 15 is 0 Å². The maximum atomic E-state index is 11.0. The van der Waals surface area contributed by atoms with Crippen LogP contribution in [0.15, 0.2) is 30.3 Å². The topological polar surface area (TPSA) is 111 Å². The molecule has 172 valence electrons. The van der Waals surface area contributed by atoms with E-state index in [-0.39, 0.29) is 12.0 Å². The number of piperidine rings is 1. The smallest absolute Gasteiger partial charge is 0.145 e. The van der Waals surface area contributed by atoms with E-state index < -0.39 is 12.2 Å². The largest absolute Gasteiger partial charge is 0.390 e. The van der Waals surface area contributed by atoms with Gasteiger partial charge in [0.1, 0.15) is 28.9 Å². The van der Waals surface area contributed by atoms with Gasteiger partial charge >= 0.3 is 0 Å². The zero-order valence-electron chi connectivity index (χ0n) is 18.3. The fraction of sp³-hybridized carbons (Fsp3) is 0.591. The van der Waals surface area contributed by atoms with Gasteiger partial charge in [0.25, 0.3) is 0 Å². The number of nitrogens with one attached hydrogen (secondary N) is 2. The van der Waals surface area contributed by atoms with Gasteiger partial charge in [-0.25, -0.2) is 9.97 Å². The van der Waals surface area contributed by atoms with E-state index in [0.29, 0.717) is 18.9 Å². The summed E-state index contributed by atoms with van der Waals surface area (Å²) >= 11 is 1.63. The highest BCUT2D eigenvalue weighted by atomic mass is 32.1. The molecule has 0 radical (unpaired) electrons. The number of hydrogen-bond acceptors (Lipinski definition) is 9. The van der Waals surface area contributed by atoms with Crippen LogP contribution in [0.4, 0.5) is 10.8 Å². The predicted octanol–water partition coefficient (Wildman–Crippen LogP) is 1.72. The molecule has 0 bridgehead atoms. The van der Waals surface area contributed by atoms with Crippen LogP contribution in [0, 0.1) is 11.8 Å². The second-order valence-electron chi connectivity index (χ2n) is 8.93. The van der Waals surface area contributed by atoms with Gasteiger partial charge in [0.15, 0.2) is 0 Å². The van der Waals surface area contributed by atoms with Crippen molar-refractivity contribution in [1.82, 2.24) is 24.8 Å². The van der Waals surface area contributed by atoms with Crippen molar-refractivity contribution < 1.29 is 10.2 Å². The fourth-order valence-electron chi connectivity index (χ4n) is 5.29. The molecule has 3 aromatic rings. The van der Waals surface area contributed by atoms with E-state index in [1.807, 2.05) is 35.6 Å². The molecule has 1 unspecified atom stereocenters. The summed E-state index contributed by atoms with van der Waals surface area (Å²) < 4.78 is 1.99. The minimum absolute atomic E-state index is 0.0447. The van der Waals surface area contributed by atoms with E-state index in [1.165, 1.54) is 19.2 Å². The molecular weight excluding hydrogens is 426 g/mol. The first-order valence-electron chi connectivity index (χ1n) is 11.3. The molecule has 1 aliphatic carbocycles. The van der Waals surface area contributed by atoms with Gasteiger partial charge in [-0.15, -0.1) is 11.3 Å². The van der Waals surface area contributed by atoms with Crippen molar-refractivity contribution >= 4 is 33.2 Å². The summed E-state index contributed by atoms with van der Waals surface area (Å²) in [6.07, 6.45) is 6.84. The quantitative estimate of drug-likeness (QED) is 0.424. The third-order valence-electron chi connectivity index (χ3n) is 6.94.